The molecule has 0 bridgehead atoms. The Morgan fingerprint density at radius 3 is 2.78 bits per heavy atom. The number of carboxylic acids is 1. The van der Waals surface area contributed by atoms with Crippen LogP contribution in [0.25, 0.3) is 6.08 Å². The van der Waals surface area contributed by atoms with Crippen LogP contribution in [-0.4, -0.2) is 24.2 Å². The molecule has 1 aliphatic carbocycles. The molecule has 1 aromatic rings. The molecule has 0 aliphatic heterocycles. The van der Waals surface area contributed by atoms with Gasteiger partial charge in [0.15, 0.2) is 0 Å². The summed E-state index contributed by atoms with van der Waals surface area (Å²) in [6.45, 7) is 0. The number of halogens is 1. The fraction of sp³-hybridized carbons (Fsp3) is 0.357. The number of carbonyl (C=O) groups is 1. The summed E-state index contributed by atoms with van der Waals surface area (Å²) in [5, 5.41) is 8.65. The van der Waals surface area contributed by atoms with E-state index in [1.165, 1.54) is 18.6 Å². The van der Waals surface area contributed by atoms with Gasteiger partial charge in [-0.2, -0.15) is 0 Å². The molecule has 96 valence electrons. The molecular formula is C14H16FNO2. The zero-order valence-electron chi connectivity index (χ0n) is 10.3. The van der Waals surface area contributed by atoms with E-state index in [1.807, 2.05) is 11.9 Å². The maximum Gasteiger partial charge on any atom is 0.328 e. The Hall–Kier alpha value is -1.84. The van der Waals surface area contributed by atoms with Gasteiger partial charge in [0.25, 0.3) is 0 Å². The highest BCUT2D eigenvalue weighted by Crippen LogP contribution is 2.32. The SMILES string of the molecule is CN(c1c(F)cccc1/C=C/C(=O)O)C1CCC1. The molecule has 0 radical (unpaired) electrons. The molecular weight excluding hydrogens is 233 g/mol. The van der Waals surface area contributed by atoms with Gasteiger partial charge in [0, 0.05) is 24.7 Å². The second-order valence-electron chi connectivity index (χ2n) is 4.54. The Morgan fingerprint density at radius 1 is 1.50 bits per heavy atom. The molecule has 1 saturated carbocycles. The third-order valence-electron chi connectivity index (χ3n) is 3.40. The lowest BCUT2D eigenvalue weighted by Gasteiger charge is -2.37. The van der Waals surface area contributed by atoms with Crippen molar-refractivity contribution in [3.05, 3.63) is 35.7 Å². The number of hydrogen-bond acceptors (Lipinski definition) is 2. The molecule has 1 aliphatic rings. The third-order valence-corrected chi connectivity index (χ3v) is 3.40. The Bertz CT molecular complexity index is 481. The van der Waals surface area contributed by atoms with E-state index in [-0.39, 0.29) is 5.82 Å². The van der Waals surface area contributed by atoms with Crippen molar-refractivity contribution in [2.75, 3.05) is 11.9 Å². The van der Waals surface area contributed by atoms with Gasteiger partial charge in [-0.1, -0.05) is 12.1 Å². The first kappa shape index (κ1) is 12.6. The van der Waals surface area contributed by atoms with Gasteiger partial charge in [-0.15, -0.1) is 0 Å². The number of aliphatic carboxylic acids is 1. The minimum Gasteiger partial charge on any atom is -0.478 e. The molecule has 0 unspecified atom stereocenters. The molecule has 0 saturated heterocycles. The lowest BCUT2D eigenvalue weighted by atomic mass is 9.91. The molecule has 0 spiro atoms. The van der Waals surface area contributed by atoms with Crippen LogP contribution < -0.4 is 4.90 Å². The second kappa shape index (κ2) is 5.21. The average Bonchev–Trinajstić information content (AvgIpc) is 2.23. The van der Waals surface area contributed by atoms with Crippen LogP contribution in [-0.2, 0) is 4.79 Å². The van der Waals surface area contributed by atoms with Crippen LogP contribution in [0.15, 0.2) is 24.3 Å². The molecule has 0 heterocycles. The maximum atomic E-state index is 13.9. The lowest BCUT2D eigenvalue weighted by molar-refractivity contribution is -0.131. The summed E-state index contributed by atoms with van der Waals surface area (Å²) in [5.74, 6) is -1.34. The highest BCUT2D eigenvalue weighted by Gasteiger charge is 2.25. The highest BCUT2D eigenvalue weighted by molar-refractivity contribution is 5.87. The number of carboxylic acid groups (broad SMARTS) is 1. The fourth-order valence-corrected chi connectivity index (χ4v) is 2.16. The topological polar surface area (TPSA) is 40.5 Å². The third kappa shape index (κ3) is 2.53. The molecule has 0 amide bonds. The van der Waals surface area contributed by atoms with E-state index in [4.69, 9.17) is 5.11 Å². The minimum absolute atomic E-state index is 0.308. The summed E-state index contributed by atoms with van der Waals surface area (Å²) in [5.41, 5.74) is 1.09. The van der Waals surface area contributed by atoms with E-state index < -0.39 is 5.97 Å². The van der Waals surface area contributed by atoms with Gasteiger partial charge in [0.1, 0.15) is 5.82 Å². The van der Waals surface area contributed by atoms with Crippen LogP contribution in [0.4, 0.5) is 10.1 Å². The predicted molar refractivity (Wildman–Crippen MR) is 69.1 cm³/mol. The van der Waals surface area contributed by atoms with E-state index in [1.54, 1.807) is 12.1 Å². The normalized spacial score (nSPS) is 15.7. The number of nitrogens with zero attached hydrogens (tertiary/aromatic N) is 1. The van der Waals surface area contributed by atoms with E-state index in [2.05, 4.69) is 0 Å². The van der Waals surface area contributed by atoms with Gasteiger partial charge in [-0.25, -0.2) is 9.18 Å². The van der Waals surface area contributed by atoms with Crippen molar-refractivity contribution in [1.82, 2.24) is 0 Å². The lowest BCUT2D eigenvalue weighted by Crippen LogP contribution is -2.38. The Morgan fingerprint density at radius 2 is 2.22 bits per heavy atom. The number of hydrogen-bond donors (Lipinski definition) is 1. The zero-order valence-corrected chi connectivity index (χ0v) is 10.3. The molecule has 4 heteroatoms. The first-order valence-electron chi connectivity index (χ1n) is 6.02. The molecule has 0 aromatic heterocycles. The van der Waals surface area contributed by atoms with Crippen molar-refractivity contribution >= 4 is 17.7 Å². The van der Waals surface area contributed by atoms with Gasteiger partial charge in [0.05, 0.1) is 5.69 Å². The van der Waals surface area contributed by atoms with Crippen molar-refractivity contribution in [2.45, 2.75) is 25.3 Å². The molecule has 1 fully saturated rings. The maximum absolute atomic E-state index is 13.9. The number of para-hydroxylation sites is 1. The summed E-state index contributed by atoms with van der Waals surface area (Å²) < 4.78 is 13.9. The van der Waals surface area contributed by atoms with Gasteiger partial charge in [-0.3, -0.25) is 0 Å². The monoisotopic (exact) mass is 249 g/mol. The Kier molecular flexibility index (Phi) is 3.65. The van der Waals surface area contributed by atoms with Gasteiger partial charge in [0.2, 0.25) is 0 Å². The molecule has 1 aromatic carbocycles. The Labute approximate surface area is 106 Å². The fourth-order valence-electron chi connectivity index (χ4n) is 2.16. The summed E-state index contributed by atoms with van der Waals surface area (Å²) in [4.78, 5) is 12.5. The van der Waals surface area contributed by atoms with Crippen molar-refractivity contribution < 1.29 is 14.3 Å². The van der Waals surface area contributed by atoms with Crippen molar-refractivity contribution in [3.8, 4) is 0 Å². The molecule has 2 rings (SSSR count). The van der Waals surface area contributed by atoms with Crippen LogP contribution in [0, 0.1) is 5.82 Å². The summed E-state index contributed by atoms with van der Waals surface area (Å²) in [6.07, 6.45) is 5.77. The van der Waals surface area contributed by atoms with Crippen molar-refractivity contribution in [1.29, 1.82) is 0 Å². The molecule has 18 heavy (non-hydrogen) atoms. The summed E-state index contributed by atoms with van der Waals surface area (Å²) >= 11 is 0. The zero-order chi connectivity index (χ0) is 13.1. The largest absolute Gasteiger partial charge is 0.478 e. The Balaban J connectivity index is 2.33. The number of anilines is 1. The molecule has 3 nitrogen and oxygen atoms in total. The second-order valence-corrected chi connectivity index (χ2v) is 4.54. The van der Waals surface area contributed by atoms with E-state index in [0.29, 0.717) is 17.3 Å². The number of rotatable bonds is 4. The number of benzene rings is 1. The van der Waals surface area contributed by atoms with Crippen molar-refractivity contribution in [2.24, 2.45) is 0 Å². The highest BCUT2D eigenvalue weighted by atomic mass is 19.1. The van der Waals surface area contributed by atoms with E-state index in [0.717, 1.165) is 18.9 Å². The quantitative estimate of drug-likeness (QED) is 0.834. The first-order valence-corrected chi connectivity index (χ1v) is 6.02. The van der Waals surface area contributed by atoms with Gasteiger partial charge < -0.3 is 10.0 Å². The van der Waals surface area contributed by atoms with Crippen molar-refractivity contribution in [3.63, 3.8) is 0 Å². The van der Waals surface area contributed by atoms with Crippen LogP contribution in [0.5, 0.6) is 0 Å². The van der Waals surface area contributed by atoms with Crippen LogP contribution in [0.1, 0.15) is 24.8 Å². The van der Waals surface area contributed by atoms with Crippen LogP contribution in [0.3, 0.4) is 0 Å². The average molecular weight is 249 g/mol. The molecule has 1 N–H and O–H groups in total. The smallest absolute Gasteiger partial charge is 0.328 e. The first-order chi connectivity index (χ1) is 8.59. The van der Waals surface area contributed by atoms with E-state index in [9.17, 15) is 9.18 Å². The minimum atomic E-state index is -1.03. The van der Waals surface area contributed by atoms with Crippen LogP contribution in [0.2, 0.25) is 0 Å². The standard InChI is InChI=1S/C14H16FNO2/c1-16(11-5-3-6-11)14-10(8-9-13(17)18)4-2-7-12(14)15/h2,4,7-9,11H,3,5-6H2,1H3,(H,17,18)/b9-8+. The van der Waals surface area contributed by atoms with E-state index >= 15 is 0 Å². The van der Waals surface area contributed by atoms with Crippen LogP contribution >= 0.6 is 0 Å². The summed E-state index contributed by atoms with van der Waals surface area (Å²) in [7, 11) is 1.86. The molecule has 0 atom stereocenters. The summed E-state index contributed by atoms with van der Waals surface area (Å²) in [6, 6.07) is 5.09. The van der Waals surface area contributed by atoms with Gasteiger partial charge >= 0.3 is 5.97 Å². The predicted octanol–water partition coefficient (Wildman–Crippen LogP) is 2.91. The van der Waals surface area contributed by atoms with Gasteiger partial charge in [-0.05, 0) is 31.4 Å².